The van der Waals surface area contributed by atoms with E-state index in [9.17, 15) is 24.0 Å². The molecular weight excluding hydrogens is 1450 g/mol. The van der Waals surface area contributed by atoms with Crippen LogP contribution in [0.4, 0.5) is 4.79 Å². The minimum Gasteiger partial charge on any atom is -0.444 e. The molecule has 5 fully saturated rings. The summed E-state index contributed by atoms with van der Waals surface area (Å²) in [5.74, 6) is 4.18. The maximum atomic E-state index is 12.0. The molecule has 654 valence electrons. The van der Waals surface area contributed by atoms with Gasteiger partial charge in [0.1, 0.15) is 5.60 Å². The van der Waals surface area contributed by atoms with Gasteiger partial charge in [-0.3, -0.25) is 19.2 Å². The van der Waals surface area contributed by atoms with Gasteiger partial charge in [-0.25, -0.2) is 4.79 Å². The number of piperidine rings is 2. The Morgan fingerprint density at radius 3 is 1.21 bits per heavy atom. The Balaban J connectivity index is 0.00000128. The lowest BCUT2D eigenvalue weighted by molar-refractivity contribution is -0.127. The van der Waals surface area contributed by atoms with Crippen molar-refractivity contribution in [2.24, 2.45) is 41.4 Å². The summed E-state index contributed by atoms with van der Waals surface area (Å²) in [5, 5.41) is 28.9. The lowest BCUT2D eigenvalue weighted by Crippen LogP contribution is -2.48. The number of hydrogen-bond acceptors (Lipinski definition) is 12. The fourth-order valence-electron chi connectivity index (χ4n) is 13.3. The molecule has 3 saturated carbocycles. The van der Waals surface area contributed by atoms with Crippen molar-refractivity contribution in [3.05, 3.63) is 162 Å². The van der Waals surface area contributed by atoms with Crippen molar-refractivity contribution in [1.29, 1.82) is 0 Å². The average Bonchev–Trinajstić information content (AvgIpc) is 1.15. The van der Waals surface area contributed by atoms with Gasteiger partial charge in [0, 0.05) is 118 Å². The molecule has 2 saturated heterocycles. The first-order valence-electron chi connectivity index (χ1n) is 43.8. The van der Waals surface area contributed by atoms with Crippen LogP contribution in [-0.2, 0) is 25.5 Å². The van der Waals surface area contributed by atoms with Crippen molar-refractivity contribution < 1.29 is 28.7 Å². The number of halogens is 1. The van der Waals surface area contributed by atoms with Crippen LogP contribution in [0.2, 0.25) is 5.02 Å². The van der Waals surface area contributed by atoms with Gasteiger partial charge in [-0.05, 0) is 289 Å². The van der Waals surface area contributed by atoms with Gasteiger partial charge in [0.2, 0.25) is 17.7 Å². The third-order valence-electron chi connectivity index (χ3n) is 19.2. The molecule has 18 heteroatoms. The van der Waals surface area contributed by atoms with E-state index in [1.165, 1.54) is 114 Å². The zero-order valence-electron chi connectivity index (χ0n) is 77.1. The smallest absolute Gasteiger partial charge is 0.410 e. The molecule has 3 aromatic rings. The van der Waals surface area contributed by atoms with Gasteiger partial charge in [-0.2, -0.15) is 0 Å². The van der Waals surface area contributed by atoms with Crippen LogP contribution in [0.15, 0.2) is 141 Å². The normalized spacial score (nSPS) is 17.0. The first kappa shape index (κ1) is 108. The van der Waals surface area contributed by atoms with Crippen LogP contribution >= 0.6 is 11.6 Å². The highest BCUT2D eigenvalue weighted by atomic mass is 35.5. The molecule has 1 atom stereocenters. The van der Waals surface area contributed by atoms with Crippen molar-refractivity contribution in [1.82, 2.24) is 57.7 Å². The number of carbonyl (C=O) groups excluding carboxylic acids is 5. The number of nitrogens with zero attached hydrogens (tertiary/aromatic N) is 2. The second kappa shape index (κ2) is 60.3. The van der Waals surface area contributed by atoms with Crippen molar-refractivity contribution in [3.8, 4) is 0 Å². The summed E-state index contributed by atoms with van der Waals surface area (Å²) in [6, 6.07) is 30.1. The number of rotatable bonds is 24. The Hall–Kier alpha value is -7.24. The summed E-state index contributed by atoms with van der Waals surface area (Å²) >= 11 is 5.69. The molecule has 0 spiro atoms. The lowest BCUT2D eigenvalue weighted by atomic mass is 9.81. The average molecular weight is 1620 g/mol. The van der Waals surface area contributed by atoms with Gasteiger partial charge in [-0.1, -0.05) is 171 Å². The summed E-state index contributed by atoms with van der Waals surface area (Å²) in [6.45, 7) is 73.0. The first-order valence-corrected chi connectivity index (χ1v) is 44.2. The van der Waals surface area contributed by atoms with Gasteiger partial charge in [0.05, 0.1) is 12.3 Å². The lowest BCUT2D eigenvalue weighted by Gasteiger charge is -2.33. The van der Waals surface area contributed by atoms with Crippen LogP contribution < -0.4 is 47.9 Å². The topological polar surface area (TPSA) is 209 Å². The largest absolute Gasteiger partial charge is 0.444 e. The highest BCUT2D eigenvalue weighted by molar-refractivity contribution is 6.30. The number of ether oxygens (including phenoxy) is 1. The van der Waals surface area contributed by atoms with Crippen molar-refractivity contribution in [3.63, 3.8) is 0 Å². The molecule has 1 unspecified atom stereocenters. The monoisotopic (exact) mass is 1620 g/mol. The summed E-state index contributed by atoms with van der Waals surface area (Å²) in [5.41, 5.74) is 8.24. The molecule has 0 aromatic heterocycles. The highest BCUT2D eigenvalue weighted by Gasteiger charge is 2.32. The first-order chi connectivity index (χ1) is 53.8. The Morgan fingerprint density at radius 1 is 0.417 bits per heavy atom. The van der Waals surface area contributed by atoms with E-state index in [0.717, 1.165) is 66.0 Å². The Morgan fingerprint density at radius 2 is 0.800 bits per heavy atom. The number of allylic oxidation sites excluding steroid dienone is 4. The predicted octanol–water partition coefficient (Wildman–Crippen LogP) is 21.1. The van der Waals surface area contributed by atoms with Crippen molar-refractivity contribution in [2.75, 3.05) is 33.2 Å². The molecule has 0 radical (unpaired) electrons. The molecule has 2 aliphatic heterocycles. The zero-order valence-corrected chi connectivity index (χ0v) is 77.9. The molecule has 3 aliphatic carbocycles. The van der Waals surface area contributed by atoms with Crippen molar-refractivity contribution >= 4 is 47.0 Å². The maximum Gasteiger partial charge on any atom is 0.410 e. The van der Waals surface area contributed by atoms with Crippen LogP contribution in [0.5, 0.6) is 0 Å². The molecule has 9 N–H and O–H groups in total. The van der Waals surface area contributed by atoms with E-state index >= 15 is 0 Å². The molecular formula is C97H168ClN11O6. The summed E-state index contributed by atoms with van der Waals surface area (Å²) < 4.78 is 5.34. The number of likely N-dealkylation sites (tertiary alicyclic amines) is 2. The molecule has 8 rings (SSSR count). The number of nitrogens with one attached hydrogen (secondary N) is 9. The fourth-order valence-corrected chi connectivity index (χ4v) is 13.4. The SMILES string of the molecule is C=C(NC(C)C)C(C)C.C=C(NC(C)C)C1CCC(C)CC1.C=C(NC(C)C)C1CCCC1.C=C(NC(C)C)C1CCN(C)CC1.C=C(NC(C)C)c1ccccc1.CC(C)NC(=O)C1CCCCC1.CC(C)NC(=O)C1CCCN(C(=O)OC(C)(C)C)C1.CC(C)NC(=O)Cc1ccccc1.CC(C)NC(=O)c1ccc(Cl)cc1. The van der Waals surface area contributed by atoms with Gasteiger partial charge in [-0.15, -0.1) is 0 Å². The number of hydrogen-bond donors (Lipinski definition) is 9. The minimum atomic E-state index is -0.496. The standard InChI is InChI=1S/C14H26N2O3.C12H23N.C11H22N2.C11H15NO.C11H15N.C10H12ClNO.C10H19NO.C10H19N.C8H17N/c1-10(2)15-12(17)11-7-6-8-16(9-11)13(18)19-14(3,4)5;1-9(2)13-11(4)12-7-5-10(3)6-8-12;1-9(2)12-10(3)11-5-7-13(4)8-6-11;1-9(2)12-11(13)8-10-6-4-3-5-7-10;1-9(2)12-10(3)11-7-5-4-6-8-11;1-7(2)12-10(13)8-3-5-9(11)6-4-8;1-8(2)11-10(12)9-6-4-3-5-7-9;1-8(2)11-9(3)10-6-4-5-7-10;1-6(2)8(5)9-7(3)4/h10-11H,6-9H2,1-5H3,(H,15,17);9-10,12-13H,4-8H2,1-3H3;9,11-12H,3,5-8H2,1-2,4H3;3-7,9H,8H2,1-2H3,(H,12,13);4-9,12H,3H2,1-2H3;3-7H,1-2H3,(H,12,13);8-9H,3-7H2,1-2H3,(H,11,12);8,10-11H,3-7H2,1-2H3;6-7,9H,5H2,1-4H3. The van der Waals surface area contributed by atoms with Crippen LogP contribution in [0, 0.1) is 41.4 Å². The van der Waals surface area contributed by atoms with Gasteiger partial charge < -0.3 is 62.4 Å². The zero-order chi connectivity index (χ0) is 87.5. The Bertz CT molecular complexity index is 3130. The van der Waals surface area contributed by atoms with E-state index < -0.39 is 5.60 Å². The van der Waals surface area contributed by atoms with Gasteiger partial charge in [0.15, 0.2) is 0 Å². The molecule has 115 heavy (non-hydrogen) atoms. The molecule has 0 bridgehead atoms. The fraction of sp³-hybridized carbons (Fsp3) is 0.660. The third kappa shape index (κ3) is 55.9. The van der Waals surface area contributed by atoms with Crippen molar-refractivity contribution in [2.45, 2.75) is 342 Å². The van der Waals surface area contributed by atoms with E-state index in [0.29, 0.717) is 84.1 Å². The van der Waals surface area contributed by atoms with Crippen LogP contribution in [0.3, 0.4) is 0 Å². The van der Waals surface area contributed by atoms with Crippen LogP contribution in [-0.4, -0.2) is 133 Å². The second-order valence-corrected chi connectivity index (χ2v) is 36.5. The van der Waals surface area contributed by atoms with E-state index in [1.54, 1.807) is 29.2 Å². The minimum absolute atomic E-state index is 0.0308. The maximum absolute atomic E-state index is 12.0. The van der Waals surface area contributed by atoms with E-state index in [1.807, 2.05) is 125 Å². The van der Waals surface area contributed by atoms with E-state index in [4.69, 9.17) is 16.3 Å². The highest BCUT2D eigenvalue weighted by Crippen LogP contribution is 2.32. The van der Waals surface area contributed by atoms with E-state index in [2.05, 4.69) is 195 Å². The predicted molar refractivity (Wildman–Crippen MR) is 493 cm³/mol. The third-order valence-corrected chi connectivity index (χ3v) is 19.5. The van der Waals surface area contributed by atoms with Crippen LogP contribution in [0.25, 0.3) is 5.70 Å². The second-order valence-electron chi connectivity index (χ2n) is 36.1. The Labute approximate surface area is 708 Å². The number of carbonyl (C=O) groups is 5. The van der Waals surface area contributed by atoms with Crippen LogP contribution in [0.1, 0.15) is 297 Å². The quantitative estimate of drug-likeness (QED) is 0.0410. The van der Waals surface area contributed by atoms with E-state index in [-0.39, 0.29) is 53.8 Å². The van der Waals surface area contributed by atoms with Gasteiger partial charge in [0.25, 0.3) is 5.91 Å². The number of amides is 5. The van der Waals surface area contributed by atoms with Gasteiger partial charge >= 0.3 is 6.09 Å². The molecule has 2 heterocycles. The molecule has 5 aliphatic rings. The molecule has 5 amide bonds. The number of benzene rings is 3. The Kier molecular flexibility index (Phi) is 56.5. The molecule has 17 nitrogen and oxygen atoms in total. The summed E-state index contributed by atoms with van der Waals surface area (Å²) in [4.78, 5) is 62.2. The molecule has 3 aromatic carbocycles. The summed E-state index contributed by atoms with van der Waals surface area (Å²) in [7, 11) is 2.19. The summed E-state index contributed by atoms with van der Waals surface area (Å²) in [6.07, 6.45) is 21.2.